The van der Waals surface area contributed by atoms with Gasteiger partial charge in [-0.25, -0.2) is 4.39 Å². The normalized spacial score (nSPS) is 23.8. The molecule has 1 aliphatic rings. The molecular weight excluding hydrogens is 311 g/mol. The molecule has 0 aliphatic heterocycles. The largest absolute Gasteiger partial charge is 0.497 e. The van der Waals surface area contributed by atoms with E-state index in [4.69, 9.17) is 9.47 Å². The van der Waals surface area contributed by atoms with Gasteiger partial charge in [0.2, 0.25) is 0 Å². The minimum Gasteiger partial charge on any atom is -0.497 e. The average Bonchev–Trinajstić information content (AvgIpc) is 2.35. The van der Waals surface area contributed by atoms with Crippen LogP contribution in [0.15, 0.2) is 18.2 Å². The van der Waals surface area contributed by atoms with Gasteiger partial charge >= 0.3 is 0 Å². The first-order valence-corrected chi connectivity index (χ1v) is 7.64. The molecule has 0 heterocycles. The molecule has 1 aliphatic carbocycles. The van der Waals surface area contributed by atoms with E-state index in [1.165, 1.54) is 6.07 Å². The highest BCUT2D eigenvalue weighted by Crippen LogP contribution is 2.41. The van der Waals surface area contributed by atoms with Crippen molar-refractivity contribution in [2.75, 3.05) is 13.7 Å². The fraction of sp³-hybridized carbons (Fsp3) is 0.600. The van der Waals surface area contributed by atoms with Crippen molar-refractivity contribution in [3.8, 4) is 5.75 Å². The van der Waals surface area contributed by atoms with Crippen molar-refractivity contribution in [3.63, 3.8) is 0 Å². The fourth-order valence-electron chi connectivity index (χ4n) is 2.55. The van der Waals surface area contributed by atoms with Crippen LogP contribution in [0.4, 0.5) is 4.39 Å². The summed E-state index contributed by atoms with van der Waals surface area (Å²) >= 11 is 3.60. The summed E-state index contributed by atoms with van der Waals surface area (Å²) in [5, 5.41) is 0. The number of ether oxygens (including phenoxy) is 2. The Balaban J connectivity index is 1.88. The van der Waals surface area contributed by atoms with Gasteiger partial charge in [0.05, 0.1) is 13.2 Å². The van der Waals surface area contributed by atoms with E-state index in [0.29, 0.717) is 23.3 Å². The van der Waals surface area contributed by atoms with Crippen molar-refractivity contribution in [3.05, 3.63) is 29.6 Å². The summed E-state index contributed by atoms with van der Waals surface area (Å²) in [6, 6.07) is 5.04. The average molecular weight is 331 g/mol. The predicted octanol–water partition coefficient (Wildman–Crippen LogP) is 4.48. The van der Waals surface area contributed by atoms with Crippen LogP contribution in [-0.4, -0.2) is 19.8 Å². The second kappa shape index (κ2) is 6.71. The van der Waals surface area contributed by atoms with E-state index >= 15 is 0 Å². The van der Waals surface area contributed by atoms with Crippen molar-refractivity contribution < 1.29 is 13.9 Å². The molecule has 1 atom stereocenters. The van der Waals surface area contributed by atoms with Crippen LogP contribution in [0.25, 0.3) is 0 Å². The number of hydrogen-bond acceptors (Lipinski definition) is 2. The van der Waals surface area contributed by atoms with Crippen LogP contribution in [-0.2, 0) is 4.74 Å². The highest BCUT2D eigenvalue weighted by Gasteiger charge is 2.31. The molecule has 0 spiro atoms. The lowest BCUT2D eigenvalue weighted by molar-refractivity contribution is -0.0265. The summed E-state index contributed by atoms with van der Waals surface area (Å²) in [5.41, 5.74) is 0.709. The van der Waals surface area contributed by atoms with Crippen molar-refractivity contribution in [2.45, 2.75) is 37.1 Å². The zero-order chi connectivity index (χ0) is 13.8. The molecule has 2 rings (SSSR count). The maximum absolute atomic E-state index is 13.9. The quantitative estimate of drug-likeness (QED) is 0.716. The summed E-state index contributed by atoms with van der Waals surface area (Å²) < 4.78 is 24.5. The molecular formula is C15H20BrFO2. The molecule has 19 heavy (non-hydrogen) atoms. The van der Waals surface area contributed by atoms with Crippen molar-refractivity contribution in [1.82, 2.24) is 0 Å². The number of rotatable bonds is 6. The number of halogens is 2. The third-order valence-electron chi connectivity index (χ3n) is 3.68. The summed E-state index contributed by atoms with van der Waals surface area (Å²) in [4.78, 5) is 0.0611. The lowest BCUT2D eigenvalue weighted by Gasteiger charge is -2.36. The Bertz CT molecular complexity index is 419. The van der Waals surface area contributed by atoms with E-state index in [1.54, 1.807) is 19.2 Å². The molecule has 1 aromatic carbocycles. The molecule has 0 aromatic heterocycles. The molecule has 106 valence electrons. The van der Waals surface area contributed by atoms with E-state index < -0.39 is 0 Å². The first-order valence-electron chi connectivity index (χ1n) is 6.73. The molecule has 1 fully saturated rings. The first kappa shape index (κ1) is 14.8. The van der Waals surface area contributed by atoms with Gasteiger partial charge in [0, 0.05) is 23.1 Å². The van der Waals surface area contributed by atoms with Crippen LogP contribution in [0.1, 0.15) is 36.6 Å². The van der Waals surface area contributed by atoms with Gasteiger partial charge in [0.1, 0.15) is 11.6 Å². The number of hydrogen-bond donors (Lipinski definition) is 0. The van der Waals surface area contributed by atoms with Gasteiger partial charge in [-0.3, -0.25) is 0 Å². The minimum atomic E-state index is -0.207. The highest BCUT2D eigenvalue weighted by molar-refractivity contribution is 9.09. The molecule has 0 N–H and O–H groups in total. The third-order valence-corrected chi connectivity index (χ3v) is 4.55. The maximum atomic E-state index is 13.9. The number of methoxy groups -OCH3 is 1. The van der Waals surface area contributed by atoms with E-state index in [9.17, 15) is 4.39 Å². The smallest absolute Gasteiger partial charge is 0.131 e. The molecule has 1 unspecified atom stereocenters. The summed E-state index contributed by atoms with van der Waals surface area (Å²) in [6.45, 7) is 2.80. The lowest BCUT2D eigenvalue weighted by Crippen LogP contribution is -2.31. The van der Waals surface area contributed by atoms with Crippen LogP contribution in [0.3, 0.4) is 0 Å². The Morgan fingerprint density at radius 3 is 2.74 bits per heavy atom. The maximum Gasteiger partial charge on any atom is 0.131 e. The van der Waals surface area contributed by atoms with E-state index in [0.717, 1.165) is 25.9 Å². The Hall–Kier alpha value is -0.610. The Kier molecular flexibility index (Phi) is 5.22. The van der Waals surface area contributed by atoms with Crippen molar-refractivity contribution in [1.29, 1.82) is 0 Å². The molecule has 0 bridgehead atoms. The van der Waals surface area contributed by atoms with Gasteiger partial charge in [-0.2, -0.15) is 0 Å². The second-order valence-electron chi connectivity index (χ2n) is 5.01. The van der Waals surface area contributed by atoms with E-state index in [1.807, 2.05) is 6.92 Å². The van der Waals surface area contributed by atoms with Crippen LogP contribution >= 0.6 is 15.9 Å². The van der Waals surface area contributed by atoms with Gasteiger partial charge in [-0.15, -0.1) is 0 Å². The van der Waals surface area contributed by atoms with Crippen molar-refractivity contribution in [2.24, 2.45) is 5.92 Å². The number of benzene rings is 1. The van der Waals surface area contributed by atoms with Gasteiger partial charge in [0.25, 0.3) is 0 Å². The first-order chi connectivity index (χ1) is 9.13. The molecule has 4 heteroatoms. The minimum absolute atomic E-state index is 0.0611. The van der Waals surface area contributed by atoms with E-state index in [2.05, 4.69) is 15.9 Å². The van der Waals surface area contributed by atoms with Crippen LogP contribution in [0, 0.1) is 11.7 Å². The Labute approximate surface area is 122 Å². The fourth-order valence-corrected chi connectivity index (χ4v) is 3.45. The molecule has 1 aromatic rings. The molecule has 0 amide bonds. The molecule has 1 saturated carbocycles. The molecule has 0 radical (unpaired) electrons. The zero-order valence-electron chi connectivity index (χ0n) is 11.4. The van der Waals surface area contributed by atoms with Crippen LogP contribution in [0.2, 0.25) is 0 Å². The summed E-state index contributed by atoms with van der Waals surface area (Å²) in [6.07, 6.45) is 3.55. The zero-order valence-corrected chi connectivity index (χ0v) is 13.0. The Morgan fingerprint density at radius 1 is 1.42 bits per heavy atom. The SMILES string of the molecule is CCOC1CC(CC(Br)c2ccc(OC)cc2F)C1. The van der Waals surface area contributed by atoms with Gasteiger partial charge < -0.3 is 9.47 Å². The standard InChI is InChI=1S/C15H20BrFO2/c1-3-19-12-6-10(7-12)8-14(16)13-5-4-11(18-2)9-15(13)17/h4-5,9-10,12,14H,3,6-8H2,1-2H3. The third kappa shape index (κ3) is 3.69. The van der Waals surface area contributed by atoms with Gasteiger partial charge in [0.15, 0.2) is 0 Å². The van der Waals surface area contributed by atoms with Gasteiger partial charge in [-0.05, 0) is 38.2 Å². The molecule has 2 nitrogen and oxygen atoms in total. The summed E-state index contributed by atoms with van der Waals surface area (Å²) in [5.74, 6) is 0.977. The summed E-state index contributed by atoms with van der Waals surface area (Å²) in [7, 11) is 1.54. The predicted molar refractivity (Wildman–Crippen MR) is 77.4 cm³/mol. The van der Waals surface area contributed by atoms with Crippen molar-refractivity contribution >= 4 is 15.9 Å². The number of alkyl halides is 1. The van der Waals surface area contributed by atoms with Gasteiger partial charge in [-0.1, -0.05) is 22.0 Å². The monoisotopic (exact) mass is 330 g/mol. The topological polar surface area (TPSA) is 18.5 Å². The lowest BCUT2D eigenvalue weighted by atomic mass is 9.78. The Morgan fingerprint density at radius 2 is 2.16 bits per heavy atom. The van der Waals surface area contributed by atoms with Crippen LogP contribution < -0.4 is 4.74 Å². The van der Waals surface area contributed by atoms with E-state index in [-0.39, 0.29) is 10.6 Å². The molecule has 0 saturated heterocycles. The highest BCUT2D eigenvalue weighted by atomic mass is 79.9. The van der Waals surface area contributed by atoms with Crippen LogP contribution in [0.5, 0.6) is 5.75 Å². The second-order valence-corrected chi connectivity index (χ2v) is 6.11.